The van der Waals surface area contributed by atoms with Crippen molar-refractivity contribution in [2.75, 3.05) is 13.1 Å². The van der Waals surface area contributed by atoms with Gasteiger partial charge in [-0.15, -0.1) is 0 Å². The predicted molar refractivity (Wildman–Crippen MR) is 62.1 cm³/mol. The number of piperidine rings is 1. The Morgan fingerprint density at radius 1 is 1.38 bits per heavy atom. The average Bonchev–Trinajstić information content (AvgIpc) is 2.74. The van der Waals surface area contributed by atoms with Gasteiger partial charge in [-0.25, -0.2) is 4.79 Å². The molecule has 4 nitrogen and oxygen atoms in total. The van der Waals surface area contributed by atoms with Crippen LogP contribution in [0.4, 0.5) is 4.79 Å². The Labute approximate surface area is 97.1 Å². The number of nitrogens with two attached hydrogens (primary N) is 1. The molecule has 2 aliphatic rings. The monoisotopic (exact) mass is 226 g/mol. The smallest absolute Gasteiger partial charge is 0.410 e. The molecule has 2 N–H and O–H groups in total. The fraction of sp³-hybridized carbons (Fsp3) is 0.917. The number of carbonyl (C=O) groups is 1. The molecule has 1 saturated carbocycles. The van der Waals surface area contributed by atoms with Gasteiger partial charge in [0, 0.05) is 19.1 Å². The number of carbonyl (C=O) groups excluding carboxylic acids is 1. The molecule has 0 bridgehead atoms. The van der Waals surface area contributed by atoms with Crippen molar-refractivity contribution in [2.45, 2.75) is 51.7 Å². The van der Waals surface area contributed by atoms with Crippen LogP contribution < -0.4 is 5.73 Å². The van der Waals surface area contributed by atoms with Crippen LogP contribution in [0.2, 0.25) is 0 Å². The number of likely N-dealkylation sites (tertiary alicyclic amines) is 1. The molecule has 1 saturated heterocycles. The van der Waals surface area contributed by atoms with Crippen LogP contribution in [-0.4, -0.2) is 35.7 Å². The summed E-state index contributed by atoms with van der Waals surface area (Å²) in [6, 6.07) is 0.369. The van der Waals surface area contributed by atoms with Gasteiger partial charge in [0.05, 0.1) is 0 Å². The summed E-state index contributed by atoms with van der Waals surface area (Å²) in [6.07, 6.45) is 3.02. The zero-order chi connectivity index (χ0) is 12.0. The molecule has 2 rings (SSSR count). The second-order valence-corrected chi connectivity index (χ2v) is 6.14. The Bertz CT molecular complexity index is 288. The van der Waals surface area contributed by atoms with Gasteiger partial charge in [0.2, 0.25) is 0 Å². The maximum atomic E-state index is 11.8. The normalized spacial score (nSPS) is 28.0. The molecule has 0 aromatic rings. The van der Waals surface area contributed by atoms with E-state index in [0.29, 0.717) is 11.5 Å². The molecule has 1 aliphatic carbocycles. The zero-order valence-electron chi connectivity index (χ0n) is 10.5. The standard InChI is InChI=1S/C12H22N2O2/c1-11(2,3)16-10(15)14-6-4-12(5-7-14)8-9(12)13/h9H,4-8,13H2,1-3H3/t9-/m0/s1. The van der Waals surface area contributed by atoms with Crippen molar-refractivity contribution in [3.8, 4) is 0 Å². The summed E-state index contributed by atoms with van der Waals surface area (Å²) < 4.78 is 5.35. The van der Waals surface area contributed by atoms with E-state index in [0.717, 1.165) is 32.4 Å². The van der Waals surface area contributed by atoms with Crippen molar-refractivity contribution in [1.82, 2.24) is 4.90 Å². The number of ether oxygens (including phenoxy) is 1. The molecule has 0 aromatic carbocycles. The molecule has 0 aromatic heterocycles. The van der Waals surface area contributed by atoms with E-state index in [1.165, 1.54) is 0 Å². The third-order valence-electron chi connectivity index (χ3n) is 3.66. The summed E-state index contributed by atoms with van der Waals surface area (Å²) in [7, 11) is 0. The molecule has 1 atom stereocenters. The summed E-state index contributed by atoms with van der Waals surface area (Å²) in [6.45, 7) is 7.28. The van der Waals surface area contributed by atoms with E-state index in [-0.39, 0.29) is 6.09 Å². The zero-order valence-corrected chi connectivity index (χ0v) is 10.5. The molecule has 1 heterocycles. The van der Waals surface area contributed by atoms with E-state index in [1.54, 1.807) is 0 Å². The molecular formula is C12H22N2O2. The number of hydrogen-bond acceptors (Lipinski definition) is 3. The van der Waals surface area contributed by atoms with Crippen LogP contribution in [0.3, 0.4) is 0 Å². The number of nitrogens with zero attached hydrogens (tertiary/aromatic N) is 1. The van der Waals surface area contributed by atoms with E-state index in [4.69, 9.17) is 10.5 Å². The van der Waals surface area contributed by atoms with Gasteiger partial charge in [-0.1, -0.05) is 0 Å². The SMILES string of the molecule is CC(C)(C)OC(=O)N1CCC2(CC1)C[C@@H]2N. The van der Waals surface area contributed by atoms with Gasteiger partial charge in [-0.2, -0.15) is 0 Å². The lowest BCUT2D eigenvalue weighted by atomic mass is 9.93. The molecule has 92 valence electrons. The van der Waals surface area contributed by atoms with Gasteiger partial charge in [-0.05, 0) is 45.4 Å². The molecule has 16 heavy (non-hydrogen) atoms. The van der Waals surface area contributed by atoms with Gasteiger partial charge in [0.1, 0.15) is 5.60 Å². The summed E-state index contributed by atoms with van der Waals surface area (Å²) in [5.41, 5.74) is 5.88. The average molecular weight is 226 g/mol. The lowest BCUT2D eigenvalue weighted by Gasteiger charge is -2.33. The van der Waals surface area contributed by atoms with E-state index < -0.39 is 5.60 Å². The van der Waals surface area contributed by atoms with Gasteiger partial charge >= 0.3 is 6.09 Å². The quantitative estimate of drug-likeness (QED) is 0.684. The minimum atomic E-state index is -0.401. The first-order valence-electron chi connectivity index (χ1n) is 6.06. The minimum absolute atomic E-state index is 0.184. The molecule has 2 fully saturated rings. The maximum absolute atomic E-state index is 11.8. The first kappa shape index (κ1) is 11.7. The first-order valence-corrected chi connectivity index (χ1v) is 6.06. The van der Waals surface area contributed by atoms with Crippen molar-refractivity contribution in [3.63, 3.8) is 0 Å². The van der Waals surface area contributed by atoms with Gasteiger partial charge in [0.15, 0.2) is 0 Å². The van der Waals surface area contributed by atoms with E-state index in [2.05, 4.69) is 0 Å². The van der Waals surface area contributed by atoms with Crippen LogP contribution >= 0.6 is 0 Å². The Kier molecular flexibility index (Phi) is 2.65. The maximum Gasteiger partial charge on any atom is 0.410 e. The molecule has 1 aliphatic heterocycles. The van der Waals surface area contributed by atoms with E-state index in [9.17, 15) is 4.79 Å². The van der Waals surface area contributed by atoms with E-state index >= 15 is 0 Å². The van der Waals surface area contributed by atoms with E-state index in [1.807, 2.05) is 25.7 Å². The van der Waals surface area contributed by atoms with Crippen molar-refractivity contribution in [1.29, 1.82) is 0 Å². The third-order valence-corrected chi connectivity index (χ3v) is 3.66. The third kappa shape index (κ3) is 2.32. The highest BCUT2D eigenvalue weighted by Gasteiger charge is 2.53. The number of hydrogen-bond donors (Lipinski definition) is 1. The van der Waals surface area contributed by atoms with Crippen molar-refractivity contribution < 1.29 is 9.53 Å². The van der Waals surface area contributed by atoms with Crippen molar-refractivity contribution >= 4 is 6.09 Å². The Hall–Kier alpha value is -0.770. The highest BCUT2D eigenvalue weighted by molar-refractivity contribution is 5.68. The van der Waals surface area contributed by atoms with Crippen LogP contribution in [0, 0.1) is 5.41 Å². The van der Waals surface area contributed by atoms with Gasteiger partial charge < -0.3 is 15.4 Å². The lowest BCUT2D eigenvalue weighted by Crippen LogP contribution is -2.43. The second-order valence-electron chi connectivity index (χ2n) is 6.14. The first-order chi connectivity index (χ1) is 7.32. The predicted octanol–water partition coefficient (Wildman–Crippen LogP) is 1.73. The summed E-state index contributed by atoms with van der Waals surface area (Å²) in [4.78, 5) is 13.6. The summed E-state index contributed by atoms with van der Waals surface area (Å²) in [5, 5.41) is 0. The van der Waals surface area contributed by atoms with Crippen molar-refractivity contribution in [2.24, 2.45) is 11.1 Å². The van der Waals surface area contributed by atoms with Gasteiger partial charge in [0.25, 0.3) is 0 Å². The lowest BCUT2D eigenvalue weighted by molar-refractivity contribution is 0.0170. The van der Waals surface area contributed by atoms with Crippen LogP contribution in [0.5, 0.6) is 0 Å². The van der Waals surface area contributed by atoms with Crippen molar-refractivity contribution in [3.05, 3.63) is 0 Å². The second kappa shape index (κ2) is 3.62. The molecule has 0 unspecified atom stereocenters. The highest BCUT2D eigenvalue weighted by atomic mass is 16.6. The summed E-state index contributed by atoms with van der Waals surface area (Å²) >= 11 is 0. The minimum Gasteiger partial charge on any atom is -0.444 e. The van der Waals surface area contributed by atoms with Crippen LogP contribution in [0.1, 0.15) is 40.0 Å². The molecule has 0 radical (unpaired) electrons. The number of rotatable bonds is 0. The van der Waals surface area contributed by atoms with Crippen LogP contribution in [0.15, 0.2) is 0 Å². The molecule has 4 heteroatoms. The highest BCUT2D eigenvalue weighted by Crippen LogP contribution is 2.52. The fourth-order valence-corrected chi connectivity index (χ4v) is 2.42. The van der Waals surface area contributed by atoms with Crippen LogP contribution in [0.25, 0.3) is 0 Å². The van der Waals surface area contributed by atoms with Gasteiger partial charge in [-0.3, -0.25) is 0 Å². The topological polar surface area (TPSA) is 55.6 Å². The van der Waals surface area contributed by atoms with Crippen LogP contribution in [-0.2, 0) is 4.74 Å². The Morgan fingerprint density at radius 3 is 2.25 bits per heavy atom. The Morgan fingerprint density at radius 2 is 1.88 bits per heavy atom. The fourth-order valence-electron chi connectivity index (χ4n) is 2.42. The summed E-state index contributed by atoms with van der Waals surface area (Å²) in [5.74, 6) is 0. The number of amides is 1. The largest absolute Gasteiger partial charge is 0.444 e. The molecule has 1 amide bonds. The molecular weight excluding hydrogens is 204 g/mol. The Balaban J connectivity index is 1.83. The molecule has 1 spiro atoms.